The number of rotatable bonds is 2. The third-order valence-corrected chi connectivity index (χ3v) is 6.75. The quantitative estimate of drug-likeness (QED) is 0.205. The highest BCUT2D eigenvalue weighted by molar-refractivity contribution is 6.39. The molecule has 0 radical (unpaired) electrons. The van der Waals surface area contributed by atoms with E-state index in [4.69, 9.17) is 0 Å². The lowest BCUT2D eigenvalue weighted by atomic mass is 9.91. The summed E-state index contributed by atoms with van der Waals surface area (Å²) < 4.78 is 122. The minimum absolute atomic E-state index is 0.0819. The smallest absolute Gasteiger partial charge is 0.251 e. The number of pyridine rings is 2. The zero-order valence-corrected chi connectivity index (χ0v) is 22.9. The maximum absolute atomic E-state index is 13.6. The van der Waals surface area contributed by atoms with Gasteiger partial charge in [0.2, 0.25) is 0 Å². The lowest BCUT2D eigenvalue weighted by Crippen LogP contribution is -2.17. The highest BCUT2D eigenvalue weighted by atomic mass is 19.4. The van der Waals surface area contributed by atoms with Gasteiger partial charge in [-0.3, -0.25) is 4.98 Å². The van der Waals surface area contributed by atoms with Crippen LogP contribution in [0.5, 0.6) is 0 Å². The fraction of sp³-hybridized carbons (Fsp3) is 0.133. The van der Waals surface area contributed by atoms with Crippen molar-refractivity contribution in [2.24, 2.45) is 9.98 Å². The molecule has 0 atom stereocenters. The van der Waals surface area contributed by atoms with Gasteiger partial charge < -0.3 is 0 Å². The minimum atomic E-state index is -5.34. The molecule has 2 aromatic heterocycles. The summed E-state index contributed by atoms with van der Waals surface area (Å²) in [6.45, 7) is 1.26. The SMILES string of the molecule is Cc1cc(C(F)(F)F)cc(C2=Nc3cc4c(cc3C2=C(C#N)C#N)N=C(c2cc(C(F)(F)F)cc(C(F)(F)F)n2)C4=C(C#N)C#N)n1. The van der Waals surface area contributed by atoms with E-state index in [1.165, 1.54) is 19.1 Å². The molecule has 8 nitrogen and oxygen atoms in total. The lowest BCUT2D eigenvalue weighted by molar-refractivity contribution is -0.145. The number of fused-ring (bicyclic) bond motifs is 2. The number of halogens is 9. The molecule has 17 heteroatoms. The van der Waals surface area contributed by atoms with E-state index >= 15 is 0 Å². The number of aromatic nitrogens is 2. The second-order valence-electron chi connectivity index (χ2n) is 9.76. The third kappa shape index (κ3) is 5.67. The summed E-state index contributed by atoms with van der Waals surface area (Å²) in [7, 11) is 0. The van der Waals surface area contributed by atoms with Crippen molar-refractivity contribution >= 4 is 33.9 Å². The van der Waals surface area contributed by atoms with Crippen LogP contribution in [0.25, 0.3) is 11.1 Å². The molecule has 3 aromatic rings. The fourth-order valence-electron chi connectivity index (χ4n) is 4.83. The number of hydrogen-bond donors (Lipinski definition) is 0. The topological polar surface area (TPSA) is 146 Å². The van der Waals surface area contributed by atoms with Gasteiger partial charge in [-0.2, -0.15) is 60.6 Å². The van der Waals surface area contributed by atoms with Crippen molar-refractivity contribution in [3.8, 4) is 24.3 Å². The summed E-state index contributed by atoms with van der Waals surface area (Å²) in [4.78, 5) is 15.7. The molecular weight excluding hydrogens is 643 g/mol. The van der Waals surface area contributed by atoms with Crippen LogP contribution in [0.3, 0.4) is 0 Å². The van der Waals surface area contributed by atoms with Gasteiger partial charge in [-0.15, -0.1) is 0 Å². The fourth-order valence-corrected chi connectivity index (χ4v) is 4.83. The molecular formula is C30H9F9N8. The minimum Gasteiger partial charge on any atom is -0.251 e. The van der Waals surface area contributed by atoms with Crippen LogP contribution < -0.4 is 0 Å². The van der Waals surface area contributed by atoms with E-state index in [9.17, 15) is 60.6 Å². The van der Waals surface area contributed by atoms with Crippen LogP contribution in [0.4, 0.5) is 50.9 Å². The van der Waals surface area contributed by atoms with E-state index in [1.807, 2.05) is 0 Å². The van der Waals surface area contributed by atoms with Crippen molar-refractivity contribution in [2.45, 2.75) is 25.5 Å². The van der Waals surface area contributed by atoms with Crippen LogP contribution in [0.1, 0.15) is 45.0 Å². The summed E-state index contributed by atoms with van der Waals surface area (Å²) in [5.74, 6) is 0. The second kappa shape index (κ2) is 10.9. The Balaban J connectivity index is 1.80. The van der Waals surface area contributed by atoms with E-state index in [2.05, 4.69) is 20.0 Å². The van der Waals surface area contributed by atoms with Crippen LogP contribution in [0.2, 0.25) is 0 Å². The summed E-state index contributed by atoms with van der Waals surface area (Å²) in [5.41, 5.74) is -10.2. The van der Waals surface area contributed by atoms with Crippen LogP contribution in [0, 0.1) is 52.2 Å². The predicted octanol–water partition coefficient (Wildman–Crippen LogP) is 7.71. The molecule has 0 unspecified atom stereocenters. The Kier molecular flexibility index (Phi) is 7.46. The maximum Gasteiger partial charge on any atom is 0.433 e. The predicted molar refractivity (Wildman–Crippen MR) is 143 cm³/mol. The molecule has 2 aliphatic heterocycles. The van der Waals surface area contributed by atoms with E-state index < -0.39 is 63.5 Å². The van der Waals surface area contributed by atoms with Crippen molar-refractivity contribution in [3.63, 3.8) is 0 Å². The first-order valence-electron chi connectivity index (χ1n) is 12.6. The van der Waals surface area contributed by atoms with E-state index in [0.29, 0.717) is 6.07 Å². The first-order valence-corrected chi connectivity index (χ1v) is 12.6. The molecule has 0 N–H and O–H groups in total. The molecule has 232 valence electrons. The first-order chi connectivity index (χ1) is 21.9. The number of nitriles is 4. The van der Waals surface area contributed by atoms with Crippen LogP contribution in [-0.4, -0.2) is 21.4 Å². The van der Waals surface area contributed by atoms with Crippen molar-refractivity contribution in [1.29, 1.82) is 21.0 Å². The lowest BCUT2D eigenvalue weighted by Gasteiger charge is -2.14. The number of benzene rings is 1. The number of hydrogen-bond acceptors (Lipinski definition) is 8. The number of aliphatic imine (C=N–C) groups is 2. The van der Waals surface area contributed by atoms with Crippen molar-refractivity contribution in [3.05, 3.63) is 92.6 Å². The molecule has 0 bridgehead atoms. The van der Waals surface area contributed by atoms with Gasteiger partial charge in [0.15, 0.2) is 0 Å². The Morgan fingerprint density at radius 3 is 1.34 bits per heavy atom. The molecule has 0 saturated carbocycles. The number of alkyl halides is 9. The second-order valence-corrected chi connectivity index (χ2v) is 9.76. The Morgan fingerprint density at radius 2 is 0.957 bits per heavy atom. The average molecular weight is 652 g/mol. The third-order valence-electron chi connectivity index (χ3n) is 6.75. The summed E-state index contributed by atoms with van der Waals surface area (Å²) in [6, 6.07) is 9.92. The van der Waals surface area contributed by atoms with Gasteiger partial charge in [0.05, 0.1) is 45.3 Å². The van der Waals surface area contributed by atoms with E-state index in [0.717, 1.165) is 18.2 Å². The monoisotopic (exact) mass is 652 g/mol. The van der Waals surface area contributed by atoms with Gasteiger partial charge in [-0.1, -0.05) is 0 Å². The van der Waals surface area contributed by atoms with Gasteiger partial charge in [-0.05, 0) is 43.3 Å². The largest absolute Gasteiger partial charge is 0.433 e. The molecule has 0 spiro atoms. The van der Waals surface area contributed by atoms with Gasteiger partial charge in [0, 0.05) is 28.0 Å². The van der Waals surface area contributed by atoms with Crippen LogP contribution in [0.15, 0.2) is 57.5 Å². The van der Waals surface area contributed by atoms with Crippen molar-refractivity contribution in [2.75, 3.05) is 0 Å². The summed E-state index contributed by atoms with van der Waals surface area (Å²) >= 11 is 0. The Hall–Kier alpha value is -6.33. The molecule has 0 saturated heterocycles. The van der Waals surface area contributed by atoms with Gasteiger partial charge in [0.25, 0.3) is 0 Å². The van der Waals surface area contributed by atoms with Crippen molar-refractivity contribution in [1.82, 2.24) is 9.97 Å². The van der Waals surface area contributed by atoms with E-state index in [1.54, 1.807) is 12.1 Å². The zero-order chi connectivity index (χ0) is 34.6. The molecule has 0 aliphatic carbocycles. The molecule has 0 fully saturated rings. The molecule has 1 aromatic carbocycles. The van der Waals surface area contributed by atoms with Gasteiger partial charge >= 0.3 is 18.5 Å². The van der Waals surface area contributed by atoms with Crippen LogP contribution >= 0.6 is 0 Å². The number of aryl methyl sites for hydroxylation is 1. The van der Waals surface area contributed by atoms with Crippen molar-refractivity contribution < 1.29 is 39.5 Å². The highest BCUT2D eigenvalue weighted by Crippen LogP contribution is 2.48. The molecule has 47 heavy (non-hydrogen) atoms. The molecule has 4 heterocycles. The van der Waals surface area contributed by atoms with Crippen LogP contribution in [-0.2, 0) is 18.5 Å². The van der Waals surface area contributed by atoms with Gasteiger partial charge in [-0.25, -0.2) is 15.0 Å². The average Bonchev–Trinajstić information content (AvgIpc) is 3.54. The molecule has 0 amide bonds. The van der Waals surface area contributed by atoms with Gasteiger partial charge in [0.1, 0.15) is 41.1 Å². The molecule has 5 rings (SSSR count). The number of nitrogens with zero attached hydrogens (tertiary/aromatic N) is 8. The normalized spacial score (nSPS) is 13.8. The highest BCUT2D eigenvalue weighted by Gasteiger charge is 2.41. The van der Waals surface area contributed by atoms with E-state index in [-0.39, 0.29) is 57.3 Å². The molecule has 2 aliphatic rings. The maximum atomic E-state index is 13.6. The Bertz CT molecular complexity index is 2140. The summed E-state index contributed by atoms with van der Waals surface area (Å²) in [6.07, 6.45) is -15.4. The standard InChI is InChI=1S/C30H9F9N8/c1-12-2-15(28(31,32)33)3-21(44-12)26-24(13(8-40)9-41)17-6-20-18(7-19(17)46-26)25(14(10-42)11-43)27(47-20)22-4-16(29(34,35)36)5-23(45-22)30(37,38)39/h2-7H,1H3. The summed E-state index contributed by atoms with van der Waals surface area (Å²) in [5, 5.41) is 38.7. The Labute approximate surface area is 257 Å². The Morgan fingerprint density at radius 1 is 0.553 bits per heavy atom. The number of allylic oxidation sites excluding steroid dienone is 4. The zero-order valence-electron chi connectivity index (χ0n) is 22.9. The first kappa shape index (κ1) is 32.1.